The molecule has 3 rings (SSSR count). The molecule has 2 N–H and O–H groups in total. The zero-order valence-corrected chi connectivity index (χ0v) is 13.0. The molecule has 0 saturated heterocycles. The zero-order valence-electron chi connectivity index (χ0n) is 13.0. The van der Waals surface area contributed by atoms with Gasteiger partial charge < -0.3 is 5.11 Å². The van der Waals surface area contributed by atoms with Crippen molar-refractivity contribution in [3.8, 4) is 5.75 Å². The Bertz CT molecular complexity index is 951. The van der Waals surface area contributed by atoms with E-state index in [2.05, 4.69) is 10.5 Å². The largest absolute Gasteiger partial charge is 0.507 e. The number of fused-ring (bicyclic) bond motifs is 1. The van der Waals surface area contributed by atoms with Gasteiger partial charge in [-0.3, -0.25) is 4.79 Å². The quantitative estimate of drug-likeness (QED) is 0.568. The summed E-state index contributed by atoms with van der Waals surface area (Å²) in [7, 11) is 0. The van der Waals surface area contributed by atoms with Gasteiger partial charge in [0.15, 0.2) is 0 Å². The Kier molecular flexibility index (Phi) is 4.24. The maximum atomic E-state index is 13.6. The van der Waals surface area contributed by atoms with Gasteiger partial charge in [0.25, 0.3) is 5.91 Å². The van der Waals surface area contributed by atoms with E-state index in [-0.39, 0.29) is 11.3 Å². The Morgan fingerprint density at radius 3 is 2.50 bits per heavy atom. The summed E-state index contributed by atoms with van der Waals surface area (Å²) < 4.78 is 13.6. The van der Waals surface area contributed by atoms with Gasteiger partial charge in [0.05, 0.1) is 11.3 Å². The molecule has 0 aliphatic rings. The van der Waals surface area contributed by atoms with Crippen LogP contribution in [0.4, 0.5) is 4.39 Å². The number of nitrogens with zero attached hydrogens (tertiary/aromatic N) is 1. The van der Waals surface area contributed by atoms with E-state index in [1.54, 1.807) is 25.1 Å². The van der Waals surface area contributed by atoms with E-state index >= 15 is 0 Å². The SMILES string of the molecule is C/C(=N\NC(=O)c1ccccc1F)c1ccc2ccccc2c1O. The Balaban J connectivity index is 1.88. The van der Waals surface area contributed by atoms with Crippen LogP contribution in [0.3, 0.4) is 0 Å². The monoisotopic (exact) mass is 322 g/mol. The van der Waals surface area contributed by atoms with Gasteiger partial charge in [-0.1, -0.05) is 42.5 Å². The van der Waals surface area contributed by atoms with E-state index in [9.17, 15) is 14.3 Å². The number of phenolic OH excluding ortho intramolecular Hbond substituents is 1. The average molecular weight is 322 g/mol. The van der Waals surface area contributed by atoms with Gasteiger partial charge in [-0.15, -0.1) is 0 Å². The highest BCUT2D eigenvalue weighted by Gasteiger charge is 2.12. The summed E-state index contributed by atoms with van der Waals surface area (Å²) in [6.07, 6.45) is 0. The van der Waals surface area contributed by atoms with Gasteiger partial charge in [0.1, 0.15) is 11.6 Å². The zero-order chi connectivity index (χ0) is 17.1. The third-order valence-electron chi connectivity index (χ3n) is 3.73. The third-order valence-corrected chi connectivity index (χ3v) is 3.73. The lowest BCUT2D eigenvalue weighted by molar-refractivity contribution is 0.0951. The molecule has 0 atom stereocenters. The lowest BCUT2D eigenvalue weighted by atomic mass is 10.0. The summed E-state index contributed by atoms with van der Waals surface area (Å²) in [6, 6.07) is 16.7. The van der Waals surface area contributed by atoms with E-state index in [0.29, 0.717) is 16.7 Å². The number of hydrogen-bond donors (Lipinski definition) is 2. The minimum atomic E-state index is -0.646. The van der Waals surface area contributed by atoms with Crippen LogP contribution in [0.1, 0.15) is 22.8 Å². The number of aromatic hydroxyl groups is 1. The minimum Gasteiger partial charge on any atom is -0.507 e. The van der Waals surface area contributed by atoms with Crippen molar-refractivity contribution in [2.45, 2.75) is 6.92 Å². The number of halogens is 1. The lowest BCUT2D eigenvalue weighted by Gasteiger charge is -2.08. The first-order valence-electron chi connectivity index (χ1n) is 7.38. The van der Waals surface area contributed by atoms with Gasteiger partial charge in [-0.25, -0.2) is 9.82 Å². The molecule has 0 fully saturated rings. The van der Waals surface area contributed by atoms with Crippen molar-refractivity contribution in [1.29, 1.82) is 0 Å². The first kappa shape index (κ1) is 15.7. The van der Waals surface area contributed by atoms with Crippen LogP contribution in [0.15, 0.2) is 65.8 Å². The van der Waals surface area contributed by atoms with Gasteiger partial charge in [0.2, 0.25) is 0 Å². The standard InChI is InChI=1S/C19H15FN2O2/c1-12(21-22-19(24)16-8-4-5-9-17(16)20)14-11-10-13-6-2-3-7-15(13)18(14)23/h2-11,23H,1H3,(H,22,24)/b21-12+. The predicted octanol–water partition coefficient (Wildman–Crippen LogP) is 3.84. The van der Waals surface area contributed by atoms with Crippen molar-refractivity contribution in [1.82, 2.24) is 5.43 Å². The maximum Gasteiger partial charge on any atom is 0.274 e. The first-order valence-corrected chi connectivity index (χ1v) is 7.38. The number of phenols is 1. The average Bonchev–Trinajstić information content (AvgIpc) is 2.60. The van der Waals surface area contributed by atoms with Crippen LogP contribution in [0.25, 0.3) is 10.8 Å². The van der Waals surface area contributed by atoms with Crippen molar-refractivity contribution in [3.05, 3.63) is 77.6 Å². The van der Waals surface area contributed by atoms with Gasteiger partial charge in [-0.05, 0) is 30.5 Å². The van der Waals surface area contributed by atoms with Gasteiger partial charge in [0, 0.05) is 10.9 Å². The number of nitrogens with one attached hydrogen (secondary N) is 1. The van der Waals surface area contributed by atoms with E-state index in [1.807, 2.05) is 24.3 Å². The second kappa shape index (κ2) is 6.50. The summed E-state index contributed by atoms with van der Waals surface area (Å²) >= 11 is 0. The topological polar surface area (TPSA) is 61.7 Å². The van der Waals surface area contributed by atoms with Crippen molar-refractivity contribution in [2.24, 2.45) is 5.10 Å². The van der Waals surface area contributed by atoms with E-state index in [4.69, 9.17) is 0 Å². The molecule has 0 unspecified atom stereocenters. The number of amides is 1. The van der Waals surface area contributed by atoms with Crippen molar-refractivity contribution < 1.29 is 14.3 Å². The van der Waals surface area contributed by atoms with Crippen LogP contribution in [0, 0.1) is 5.82 Å². The van der Waals surface area contributed by atoms with Crippen LogP contribution in [-0.4, -0.2) is 16.7 Å². The van der Waals surface area contributed by atoms with Crippen molar-refractivity contribution in [3.63, 3.8) is 0 Å². The molecule has 0 bridgehead atoms. The highest BCUT2D eigenvalue weighted by molar-refractivity contribution is 6.07. The number of benzene rings is 3. The Labute approximate surface area is 138 Å². The molecule has 3 aromatic carbocycles. The molecule has 4 nitrogen and oxygen atoms in total. The van der Waals surface area contributed by atoms with Crippen LogP contribution >= 0.6 is 0 Å². The molecule has 0 aliphatic carbocycles. The molecule has 0 aromatic heterocycles. The summed E-state index contributed by atoms with van der Waals surface area (Å²) in [5.41, 5.74) is 3.15. The summed E-state index contributed by atoms with van der Waals surface area (Å²) in [4.78, 5) is 12.0. The molecule has 1 amide bonds. The number of hydrazone groups is 1. The Hall–Kier alpha value is -3.21. The number of carbonyl (C=O) groups excluding carboxylic acids is 1. The third kappa shape index (κ3) is 2.96. The molecule has 120 valence electrons. The van der Waals surface area contributed by atoms with Crippen LogP contribution in [-0.2, 0) is 0 Å². The second-order valence-electron chi connectivity index (χ2n) is 5.30. The fraction of sp³-hybridized carbons (Fsp3) is 0.0526. The highest BCUT2D eigenvalue weighted by atomic mass is 19.1. The summed E-state index contributed by atoms with van der Waals surface area (Å²) in [5.74, 6) is -1.17. The molecule has 5 heteroatoms. The molecule has 0 radical (unpaired) electrons. The first-order chi connectivity index (χ1) is 11.6. The maximum absolute atomic E-state index is 13.6. The predicted molar refractivity (Wildman–Crippen MR) is 91.7 cm³/mol. The summed E-state index contributed by atoms with van der Waals surface area (Å²) in [6.45, 7) is 1.66. The normalized spacial score (nSPS) is 11.5. The van der Waals surface area contributed by atoms with Crippen LogP contribution in [0.5, 0.6) is 5.75 Å². The van der Waals surface area contributed by atoms with Gasteiger partial charge in [-0.2, -0.15) is 5.10 Å². The number of rotatable bonds is 3. The molecule has 24 heavy (non-hydrogen) atoms. The van der Waals surface area contributed by atoms with Gasteiger partial charge >= 0.3 is 0 Å². The Morgan fingerprint density at radius 1 is 1.00 bits per heavy atom. The van der Waals surface area contributed by atoms with E-state index < -0.39 is 11.7 Å². The molecule has 0 spiro atoms. The smallest absolute Gasteiger partial charge is 0.274 e. The van der Waals surface area contributed by atoms with Crippen LogP contribution in [0.2, 0.25) is 0 Å². The van der Waals surface area contributed by atoms with Crippen LogP contribution < -0.4 is 5.43 Å². The number of carbonyl (C=O) groups is 1. The minimum absolute atomic E-state index is 0.0863. The molecular weight excluding hydrogens is 307 g/mol. The van der Waals surface area contributed by atoms with E-state index in [1.165, 1.54) is 18.2 Å². The fourth-order valence-corrected chi connectivity index (χ4v) is 2.45. The lowest BCUT2D eigenvalue weighted by Crippen LogP contribution is -2.20. The molecule has 0 heterocycles. The Morgan fingerprint density at radius 2 is 1.71 bits per heavy atom. The van der Waals surface area contributed by atoms with Crippen molar-refractivity contribution in [2.75, 3.05) is 0 Å². The highest BCUT2D eigenvalue weighted by Crippen LogP contribution is 2.28. The summed E-state index contributed by atoms with van der Waals surface area (Å²) in [5, 5.41) is 16.0. The fourth-order valence-electron chi connectivity index (χ4n) is 2.45. The molecular formula is C19H15FN2O2. The molecule has 3 aromatic rings. The van der Waals surface area contributed by atoms with E-state index in [0.717, 1.165) is 5.39 Å². The van der Waals surface area contributed by atoms with Crippen molar-refractivity contribution >= 4 is 22.4 Å². The molecule has 0 saturated carbocycles. The number of hydrogen-bond acceptors (Lipinski definition) is 3. The molecule has 0 aliphatic heterocycles. The second-order valence-corrected chi connectivity index (χ2v) is 5.30.